The number of aliphatic hydroxyl groups is 1. The summed E-state index contributed by atoms with van der Waals surface area (Å²) >= 11 is 0. The van der Waals surface area contributed by atoms with Crippen molar-refractivity contribution in [3.8, 4) is 0 Å². The summed E-state index contributed by atoms with van der Waals surface area (Å²) in [6.45, 7) is 1.60. The van der Waals surface area contributed by atoms with Crippen LogP contribution in [-0.4, -0.2) is 47.8 Å². The van der Waals surface area contributed by atoms with Gasteiger partial charge in [-0.15, -0.1) is 0 Å². The normalized spacial score (nSPS) is 44.2. The van der Waals surface area contributed by atoms with Crippen LogP contribution >= 0.6 is 0 Å². The van der Waals surface area contributed by atoms with E-state index in [4.69, 9.17) is 0 Å². The Morgan fingerprint density at radius 1 is 1.16 bits per heavy atom. The predicted molar refractivity (Wildman–Crippen MR) is 78.2 cm³/mol. The first-order valence-corrected chi connectivity index (χ1v) is 8.33. The van der Waals surface area contributed by atoms with Crippen LogP contribution in [0.2, 0.25) is 0 Å². The molecule has 1 saturated heterocycles. The Hall–Kier alpha value is -0.120. The molecule has 3 rings (SSSR count). The van der Waals surface area contributed by atoms with Gasteiger partial charge in [0, 0.05) is 17.6 Å². The van der Waals surface area contributed by atoms with E-state index in [2.05, 4.69) is 10.2 Å². The maximum Gasteiger partial charge on any atom is 0.0613 e. The lowest BCUT2D eigenvalue weighted by molar-refractivity contribution is 0.0458. The molecule has 3 aliphatic rings. The van der Waals surface area contributed by atoms with Gasteiger partial charge in [-0.1, -0.05) is 12.8 Å². The summed E-state index contributed by atoms with van der Waals surface area (Å²) in [6, 6.07) is 1.58. The number of nitrogens with one attached hydrogen (secondary N) is 1. The number of fused-ring (bicyclic) bond motifs is 1. The largest absolute Gasteiger partial charge is 0.394 e. The van der Waals surface area contributed by atoms with E-state index in [0.29, 0.717) is 12.6 Å². The van der Waals surface area contributed by atoms with Gasteiger partial charge in [0.1, 0.15) is 0 Å². The van der Waals surface area contributed by atoms with Crippen molar-refractivity contribution in [2.24, 2.45) is 5.92 Å². The molecule has 0 bridgehead atoms. The minimum Gasteiger partial charge on any atom is -0.394 e. The molecule has 0 aromatic carbocycles. The van der Waals surface area contributed by atoms with Crippen LogP contribution < -0.4 is 5.32 Å². The quantitative estimate of drug-likeness (QED) is 0.821. The van der Waals surface area contributed by atoms with E-state index in [1.807, 2.05) is 7.05 Å². The lowest BCUT2D eigenvalue weighted by Gasteiger charge is -2.45. The number of likely N-dealkylation sites (N-methyl/N-ethyl adjacent to an activating group) is 1. The highest BCUT2D eigenvalue weighted by atomic mass is 16.3. The fourth-order valence-electron chi connectivity index (χ4n) is 4.96. The van der Waals surface area contributed by atoms with E-state index < -0.39 is 0 Å². The molecule has 0 amide bonds. The number of aliphatic hydroxyl groups excluding tert-OH is 1. The van der Waals surface area contributed by atoms with Gasteiger partial charge in [-0.2, -0.15) is 0 Å². The van der Waals surface area contributed by atoms with Crippen molar-refractivity contribution in [1.29, 1.82) is 0 Å². The second kappa shape index (κ2) is 5.71. The topological polar surface area (TPSA) is 35.5 Å². The Balaban J connectivity index is 1.68. The monoisotopic (exact) mass is 266 g/mol. The Morgan fingerprint density at radius 2 is 2.00 bits per heavy atom. The number of hydrogen-bond acceptors (Lipinski definition) is 3. The van der Waals surface area contributed by atoms with Gasteiger partial charge in [0.25, 0.3) is 0 Å². The van der Waals surface area contributed by atoms with Gasteiger partial charge >= 0.3 is 0 Å². The molecule has 2 saturated carbocycles. The lowest BCUT2D eigenvalue weighted by atomic mass is 9.78. The molecule has 0 spiro atoms. The molecule has 0 aromatic heterocycles. The highest BCUT2D eigenvalue weighted by Crippen LogP contribution is 2.41. The Morgan fingerprint density at radius 3 is 2.79 bits per heavy atom. The predicted octanol–water partition coefficient (Wildman–Crippen LogP) is 2.14. The van der Waals surface area contributed by atoms with Crippen LogP contribution in [0, 0.1) is 5.92 Å². The van der Waals surface area contributed by atoms with Crippen LogP contribution in [-0.2, 0) is 0 Å². The van der Waals surface area contributed by atoms with Crippen molar-refractivity contribution in [3.63, 3.8) is 0 Å². The van der Waals surface area contributed by atoms with Crippen molar-refractivity contribution in [2.45, 2.75) is 75.4 Å². The highest BCUT2D eigenvalue weighted by molar-refractivity contribution is 5.00. The van der Waals surface area contributed by atoms with Gasteiger partial charge in [-0.05, 0) is 64.5 Å². The number of likely N-dealkylation sites (tertiary alicyclic amines) is 1. The lowest BCUT2D eigenvalue weighted by Crippen LogP contribution is -2.55. The molecule has 0 aromatic rings. The van der Waals surface area contributed by atoms with Gasteiger partial charge in [0.15, 0.2) is 0 Å². The Kier molecular flexibility index (Phi) is 4.16. The third-order valence-corrected chi connectivity index (χ3v) is 6.17. The summed E-state index contributed by atoms with van der Waals surface area (Å²) in [5, 5.41) is 13.2. The standard InChI is InChI=1S/C16H30N2O/c1-17-16(12-19)9-4-6-14(11-16)18-10-8-13-5-2-3-7-15(13)18/h13-15,17,19H,2-12H2,1H3. The summed E-state index contributed by atoms with van der Waals surface area (Å²) < 4.78 is 0. The fourth-order valence-corrected chi connectivity index (χ4v) is 4.96. The smallest absolute Gasteiger partial charge is 0.0613 e. The number of nitrogens with zero attached hydrogens (tertiary/aromatic N) is 1. The minimum atomic E-state index is -0.00430. The van der Waals surface area contributed by atoms with Gasteiger partial charge < -0.3 is 10.4 Å². The molecule has 0 radical (unpaired) electrons. The molecule has 2 N–H and O–H groups in total. The Bertz CT molecular complexity index is 303. The zero-order chi connectivity index (χ0) is 13.3. The zero-order valence-corrected chi connectivity index (χ0v) is 12.4. The van der Waals surface area contributed by atoms with Crippen molar-refractivity contribution >= 4 is 0 Å². The van der Waals surface area contributed by atoms with Crippen molar-refractivity contribution in [3.05, 3.63) is 0 Å². The molecule has 19 heavy (non-hydrogen) atoms. The van der Waals surface area contributed by atoms with E-state index in [1.54, 1.807) is 0 Å². The molecule has 4 unspecified atom stereocenters. The molecule has 110 valence electrons. The summed E-state index contributed by atoms with van der Waals surface area (Å²) in [5.74, 6) is 0.980. The van der Waals surface area contributed by atoms with E-state index >= 15 is 0 Å². The van der Waals surface area contributed by atoms with E-state index in [1.165, 1.54) is 51.5 Å². The van der Waals surface area contributed by atoms with Crippen LogP contribution in [0.25, 0.3) is 0 Å². The van der Waals surface area contributed by atoms with Crippen LogP contribution in [0.4, 0.5) is 0 Å². The van der Waals surface area contributed by atoms with E-state index in [-0.39, 0.29) is 5.54 Å². The number of hydrogen-bond donors (Lipinski definition) is 2. The van der Waals surface area contributed by atoms with Gasteiger partial charge in [0.05, 0.1) is 6.61 Å². The molecule has 2 aliphatic carbocycles. The van der Waals surface area contributed by atoms with Crippen molar-refractivity contribution in [2.75, 3.05) is 20.2 Å². The third kappa shape index (κ3) is 2.57. The first kappa shape index (κ1) is 13.8. The molecule has 4 atom stereocenters. The Labute approximate surface area is 117 Å². The zero-order valence-electron chi connectivity index (χ0n) is 12.4. The van der Waals surface area contributed by atoms with Gasteiger partial charge in [-0.3, -0.25) is 4.90 Å². The molecule has 3 fully saturated rings. The molecular weight excluding hydrogens is 236 g/mol. The second-order valence-corrected chi connectivity index (χ2v) is 7.08. The first-order chi connectivity index (χ1) is 9.28. The second-order valence-electron chi connectivity index (χ2n) is 7.08. The summed E-state index contributed by atoms with van der Waals surface area (Å²) in [6.07, 6.45) is 12.1. The van der Waals surface area contributed by atoms with Crippen LogP contribution in [0.5, 0.6) is 0 Å². The molecule has 1 aliphatic heterocycles. The average molecular weight is 266 g/mol. The first-order valence-electron chi connectivity index (χ1n) is 8.33. The summed E-state index contributed by atoms with van der Waals surface area (Å²) in [7, 11) is 2.02. The van der Waals surface area contributed by atoms with Crippen molar-refractivity contribution < 1.29 is 5.11 Å². The maximum atomic E-state index is 9.75. The molecular formula is C16H30N2O. The number of rotatable bonds is 3. The van der Waals surface area contributed by atoms with E-state index in [9.17, 15) is 5.11 Å². The maximum absolute atomic E-state index is 9.75. The molecule has 3 nitrogen and oxygen atoms in total. The molecule has 1 heterocycles. The third-order valence-electron chi connectivity index (χ3n) is 6.17. The van der Waals surface area contributed by atoms with Crippen LogP contribution in [0.1, 0.15) is 57.8 Å². The fraction of sp³-hybridized carbons (Fsp3) is 1.00. The summed E-state index contributed by atoms with van der Waals surface area (Å²) in [4.78, 5) is 2.82. The summed E-state index contributed by atoms with van der Waals surface area (Å²) in [5.41, 5.74) is -0.00430. The SMILES string of the molecule is CNC1(CO)CCCC(N2CCC3CCCCC32)C1. The van der Waals surface area contributed by atoms with E-state index in [0.717, 1.165) is 24.8 Å². The van der Waals surface area contributed by atoms with Crippen LogP contribution in [0.15, 0.2) is 0 Å². The van der Waals surface area contributed by atoms with Crippen molar-refractivity contribution in [1.82, 2.24) is 10.2 Å². The average Bonchev–Trinajstić information content (AvgIpc) is 2.91. The van der Waals surface area contributed by atoms with Gasteiger partial charge in [-0.25, -0.2) is 0 Å². The van der Waals surface area contributed by atoms with Gasteiger partial charge in [0.2, 0.25) is 0 Å². The highest BCUT2D eigenvalue weighted by Gasteiger charge is 2.43. The minimum absolute atomic E-state index is 0.00430. The molecule has 3 heteroatoms. The van der Waals surface area contributed by atoms with Crippen LogP contribution in [0.3, 0.4) is 0 Å².